The Labute approximate surface area is 322 Å². The average molecular weight is 710 g/mol. The van der Waals surface area contributed by atoms with Crippen molar-refractivity contribution < 1.29 is 0 Å². The van der Waals surface area contributed by atoms with E-state index in [0.29, 0.717) is 34.9 Å². The minimum Gasteiger partial charge on any atom is -0.310 e. The summed E-state index contributed by atoms with van der Waals surface area (Å²) in [6.45, 7) is 0. The number of rotatable bonds is 5. The maximum atomic E-state index is 9.35. The zero-order chi connectivity index (χ0) is 36.5. The molecule has 5 heteroatoms. The SMILES string of the molecule is N#Cc1ccc(-c2cccc(-c3nc(-c4ccccc4)nc(-c4ccc5c(c4)N(c4ccccc4)c4ccccc4C54C5CC6CC(C5)CC4C6)n3)c2)cc1. The van der Waals surface area contributed by atoms with Crippen molar-refractivity contribution in [1.29, 1.82) is 5.26 Å². The van der Waals surface area contributed by atoms with E-state index >= 15 is 0 Å². The van der Waals surface area contributed by atoms with Crippen LogP contribution in [0.2, 0.25) is 0 Å². The van der Waals surface area contributed by atoms with Gasteiger partial charge in [-0.1, -0.05) is 109 Å². The molecule has 0 N–H and O–H groups in total. The quantitative estimate of drug-likeness (QED) is 0.178. The number of hydrogen-bond acceptors (Lipinski definition) is 5. The molecule has 0 atom stereocenters. The van der Waals surface area contributed by atoms with Crippen molar-refractivity contribution in [2.45, 2.75) is 37.5 Å². The van der Waals surface area contributed by atoms with E-state index in [1.165, 1.54) is 54.6 Å². The summed E-state index contributed by atoms with van der Waals surface area (Å²) in [7, 11) is 0. The molecule has 264 valence electrons. The van der Waals surface area contributed by atoms with E-state index in [2.05, 4.69) is 114 Å². The second-order valence-electron chi connectivity index (χ2n) is 16.0. The first-order valence-corrected chi connectivity index (χ1v) is 19.7. The molecule has 2 heterocycles. The number of nitrogens with zero attached hydrogens (tertiary/aromatic N) is 5. The largest absolute Gasteiger partial charge is 0.310 e. The highest BCUT2D eigenvalue weighted by atomic mass is 15.2. The molecule has 0 unspecified atom stereocenters. The summed E-state index contributed by atoms with van der Waals surface area (Å²) in [5, 5.41) is 9.35. The molecular formula is C50H39N5. The van der Waals surface area contributed by atoms with Gasteiger partial charge < -0.3 is 4.90 Å². The fourth-order valence-electron chi connectivity index (χ4n) is 11.1. The lowest BCUT2D eigenvalue weighted by Gasteiger charge is -2.64. The Kier molecular flexibility index (Phi) is 7.35. The molecule has 4 bridgehead atoms. The van der Waals surface area contributed by atoms with E-state index < -0.39 is 0 Å². The van der Waals surface area contributed by atoms with E-state index in [4.69, 9.17) is 15.0 Å². The predicted molar refractivity (Wildman–Crippen MR) is 219 cm³/mol. The summed E-state index contributed by atoms with van der Waals surface area (Å²) in [4.78, 5) is 18.0. The molecule has 1 aliphatic heterocycles. The van der Waals surface area contributed by atoms with Crippen molar-refractivity contribution >= 4 is 17.1 Å². The number of fused-ring (bicyclic) bond motifs is 2. The maximum absolute atomic E-state index is 9.35. The Hall–Kier alpha value is -6.38. The van der Waals surface area contributed by atoms with Crippen LogP contribution in [0.25, 0.3) is 45.3 Å². The number of hydrogen-bond donors (Lipinski definition) is 0. The Morgan fingerprint density at radius 1 is 0.473 bits per heavy atom. The minimum absolute atomic E-state index is 0.00546. The van der Waals surface area contributed by atoms with Gasteiger partial charge in [-0.05, 0) is 120 Å². The van der Waals surface area contributed by atoms with Crippen molar-refractivity contribution in [2.75, 3.05) is 4.90 Å². The molecule has 6 aromatic carbocycles. The third kappa shape index (κ3) is 5.08. The molecular weight excluding hydrogens is 671 g/mol. The molecule has 1 spiro atoms. The van der Waals surface area contributed by atoms with Crippen molar-refractivity contribution in [2.24, 2.45) is 23.7 Å². The predicted octanol–water partition coefficient (Wildman–Crippen LogP) is 11.9. The first kappa shape index (κ1) is 32.1. The van der Waals surface area contributed by atoms with Crippen LogP contribution in [-0.2, 0) is 5.41 Å². The number of nitriles is 1. The number of anilines is 3. The van der Waals surface area contributed by atoms with Gasteiger partial charge in [0.15, 0.2) is 17.5 Å². The molecule has 0 saturated heterocycles. The summed E-state index contributed by atoms with van der Waals surface area (Å²) < 4.78 is 0. The zero-order valence-electron chi connectivity index (χ0n) is 30.5. The summed E-state index contributed by atoms with van der Waals surface area (Å²) >= 11 is 0. The van der Waals surface area contributed by atoms with Gasteiger partial charge in [0.2, 0.25) is 0 Å². The molecule has 0 amide bonds. The van der Waals surface area contributed by atoms with Crippen LogP contribution >= 0.6 is 0 Å². The van der Waals surface area contributed by atoms with Crippen LogP contribution in [-0.4, -0.2) is 15.0 Å². The van der Waals surface area contributed by atoms with E-state index in [9.17, 15) is 5.26 Å². The molecule has 4 saturated carbocycles. The van der Waals surface area contributed by atoms with Gasteiger partial charge in [-0.15, -0.1) is 0 Å². The van der Waals surface area contributed by atoms with Gasteiger partial charge in [0.05, 0.1) is 23.0 Å². The van der Waals surface area contributed by atoms with Crippen LogP contribution < -0.4 is 4.90 Å². The second kappa shape index (κ2) is 12.6. The van der Waals surface area contributed by atoms with E-state index in [0.717, 1.165) is 45.3 Å². The smallest absolute Gasteiger partial charge is 0.164 e. The molecule has 7 aromatic rings. The van der Waals surface area contributed by atoms with Gasteiger partial charge in [-0.3, -0.25) is 0 Å². The lowest BCUT2D eigenvalue weighted by atomic mass is 9.41. The van der Waals surface area contributed by atoms with Gasteiger partial charge >= 0.3 is 0 Å². The monoisotopic (exact) mass is 709 g/mol. The topological polar surface area (TPSA) is 65.7 Å². The molecule has 5 aliphatic rings. The molecule has 5 nitrogen and oxygen atoms in total. The standard InChI is InChI=1S/C50H39N5/c51-31-32-18-20-35(21-19-32)37-12-9-13-38(29-37)48-52-47(36-10-3-1-4-11-36)53-49(54-48)39-22-23-44-46(30-39)55(42-14-5-2-6-15-42)45-17-8-7-16-43(45)50(44)40-25-33-24-34(27-40)28-41(50)26-33/h1-23,29-30,33-34,40-41H,24-28H2. The highest BCUT2D eigenvalue weighted by Crippen LogP contribution is 2.69. The normalized spacial score (nSPS) is 22.9. The van der Waals surface area contributed by atoms with E-state index in [1.54, 1.807) is 0 Å². The lowest BCUT2D eigenvalue weighted by Crippen LogP contribution is -2.57. The Balaban J connectivity index is 1.11. The number of benzene rings is 6. The van der Waals surface area contributed by atoms with Crippen LogP contribution in [0.1, 0.15) is 48.8 Å². The molecule has 0 radical (unpaired) electrons. The van der Waals surface area contributed by atoms with Gasteiger partial charge in [-0.2, -0.15) is 5.26 Å². The van der Waals surface area contributed by atoms with Crippen molar-refractivity contribution in [3.8, 4) is 51.4 Å². The highest BCUT2D eigenvalue weighted by Gasteiger charge is 2.61. The maximum Gasteiger partial charge on any atom is 0.164 e. The van der Waals surface area contributed by atoms with Gasteiger partial charge in [0.1, 0.15) is 0 Å². The Morgan fingerprint density at radius 2 is 1.02 bits per heavy atom. The van der Waals surface area contributed by atoms with Crippen LogP contribution in [0.5, 0.6) is 0 Å². The summed E-state index contributed by atoms with van der Waals surface area (Å²) in [6.07, 6.45) is 6.73. The zero-order valence-corrected chi connectivity index (χ0v) is 30.5. The third-order valence-electron chi connectivity index (χ3n) is 13.1. The van der Waals surface area contributed by atoms with E-state index in [-0.39, 0.29) is 5.41 Å². The summed E-state index contributed by atoms with van der Waals surface area (Å²) in [6, 6.07) is 55.7. The third-order valence-corrected chi connectivity index (χ3v) is 13.1. The summed E-state index contributed by atoms with van der Waals surface area (Å²) in [5.74, 6) is 4.94. The van der Waals surface area contributed by atoms with E-state index in [1.807, 2.05) is 48.5 Å². The molecule has 4 fully saturated rings. The van der Waals surface area contributed by atoms with Crippen LogP contribution in [0.3, 0.4) is 0 Å². The molecule has 55 heavy (non-hydrogen) atoms. The average Bonchev–Trinajstić information content (AvgIpc) is 3.25. The summed E-state index contributed by atoms with van der Waals surface area (Å²) in [5.41, 5.74) is 12.2. The van der Waals surface area contributed by atoms with Gasteiger partial charge in [0, 0.05) is 27.8 Å². The van der Waals surface area contributed by atoms with Crippen LogP contribution in [0.4, 0.5) is 17.1 Å². The van der Waals surface area contributed by atoms with Crippen molar-refractivity contribution in [3.63, 3.8) is 0 Å². The fraction of sp³-hybridized carbons (Fsp3) is 0.200. The first-order chi connectivity index (χ1) is 27.2. The molecule has 12 rings (SSSR count). The number of aromatic nitrogens is 3. The number of para-hydroxylation sites is 2. The Morgan fingerprint density at radius 3 is 1.71 bits per heavy atom. The fourth-order valence-corrected chi connectivity index (χ4v) is 11.1. The first-order valence-electron chi connectivity index (χ1n) is 19.7. The second-order valence-corrected chi connectivity index (χ2v) is 16.0. The minimum atomic E-state index is -0.00546. The van der Waals surface area contributed by atoms with Crippen LogP contribution in [0.15, 0.2) is 152 Å². The lowest BCUT2D eigenvalue weighted by molar-refractivity contribution is -0.0419. The van der Waals surface area contributed by atoms with Crippen LogP contribution in [0, 0.1) is 35.0 Å². The van der Waals surface area contributed by atoms with Crippen molar-refractivity contribution in [3.05, 3.63) is 168 Å². The van der Waals surface area contributed by atoms with Gasteiger partial charge in [-0.25, -0.2) is 15.0 Å². The molecule has 1 aromatic heterocycles. The van der Waals surface area contributed by atoms with Crippen molar-refractivity contribution in [1.82, 2.24) is 15.0 Å². The Bertz CT molecular complexity index is 2600. The highest BCUT2D eigenvalue weighted by molar-refractivity contribution is 5.88. The molecule has 4 aliphatic carbocycles. The van der Waals surface area contributed by atoms with Gasteiger partial charge in [0.25, 0.3) is 0 Å².